The van der Waals surface area contributed by atoms with Crippen molar-refractivity contribution in [2.45, 2.75) is 13.3 Å². The van der Waals surface area contributed by atoms with Crippen molar-refractivity contribution in [2.24, 2.45) is 4.74 Å². The van der Waals surface area contributed by atoms with E-state index in [4.69, 9.17) is 4.74 Å². The molecule has 5 heteroatoms. The lowest BCUT2D eigenvalue weighted by Gasteiger charge is -2.41. The van der Waals surface area contributed by atoms with Crippen LogP contribution in [-0.4, -0.2) is 62.8 Å². The highest BCUT2D eigenvalue weighted by Crippen LogP contribution is 2.54. The van der Waals surface area contributed by atoms with Crippen molar-refractivity contribution in [1.29, 1.82) is 0 Å². The van der Waals surface area contributed by atoms with E-state index in [0.717, 1.165) is 13.0 Å². The lowest BCUT2D eigenvalue weighted by atomic mass is 10.5. The molecule has 0 aromatic carbocycles. The van der Waals surface area contributed by atoms with Gasteiger partial charge in [-0.2, -0.15) is 0 Å². The third kappa shape index (κ3) is 2.80. The molecule has 0 spiro atoms. The summed E-state index contributed by atoms with van der Waals surface area (Å²) in [7, 11) is 11.0. The van der Waals surface area contributed by atoms with Gasteiger partial charge in [0, 0.05) is 6.54 Å². The van der Waals surface area contributed by atoms with Gasteiger partial charge in [0.15, 0.2) is 7.51 Å². The summed E-state index contributed by atoms with van der Waals surface area (Å²) in [5, 5.41) is 0. The topological polar surface area (TPSA) is 22.1 Å². The van der Waals surface area contributed by atoms with Crippen LogP contribution >= 0.6 is 7.51 Å². The first-order chi connectivity index (χ1) is 6.39. The van der Waals surface area contributed by atoms with E-state index in [0.29, 0.717) is 0 Å². The van der Waals surface area contributed by atoms with Crippen molar-refractivity contribution >= 4 is 7.51 Å². The molecule has 0 bridgehead atoms. The molecule has 14 heavy (non-hydrogen) atoms. The molecular formula is C9H25N4P. The average molecular weight is 220 g/mol. The molecule has 0 aromatic rings. The average Bonchev–Trinajstić information content (AvgIpc) is 2.03. The molecule has 0 saturated heterocycles. The fraction of sp³-hybridized carbons (Fsp3) is 1.00. The molecule has 0 atom stereocenters. The summed E-state index contributed by atoms with van der Waals surface area (Å²) in [6.45, 7) is 3.10. The Labute approximate surface area is 89.1 Å². The van der Waals surface area contributed by atoms with Crippen LogP contribution < -0.4 is 0 Å². The molecule has 0 unspecified atom stereocenters. The van der Waals surface area contributed by atoms with E-state index in [-0.39, 0.29) is 0 Å². The van der Waals surface area contributed by atoms with Crippen LogP contribution in [0.5, 0.6) is 0 Å². The van der Waals surface area contributed by atoms with Crippen LogP contribution in [0, 0.1) is 0 Å². The fourth-order valence-electron chi connectivity index (χ4n) is 1.69. The Bertz CT molecular complexity index is 182. The predicted molar refractivity (Wildman–Crippen MR) is 65.6 cm³/mol. The molecule has 0 radical (unpaired) electrons. The number of hydrogen-bond donors (Lipinski definition) is 0. The van der Waals surface area contributed by atoms with Gasteiger partial charge in [0.1, 0.15) is 0 Å². The van der Waals surface area contributed by atoms with Crippen LogP contribution in [0.25, 0.3) is 0 Å². The zero-order valence-electron chi connectivity index (χ0n) is 10.7. The largest absolute Gasteiger partial charge is 0.261 e. The Kier molecular flexibility index (Phi) is 5.91. The molecular weight excluding hydrogens is 195 g/mol. The molecule has 0 saturated carbocycles. The number of hydrogen-bond acceptors (Lipinski definition) is 1. The smallest absolute Gasteiger partial charge is 0.166 e. The maximum atomic E-state index is 4.86. The molecule has 0 aliphatic carbocycles. The van der Waals surface area contributed by atoms with E-state index in [1.54, 1.807) is 0 Å². The van der Waals surface area contributed by atoms with Gasteiger partial charge in [0.2, 0.25) is 0 Å². The van der Waals surface area contributed by atoms with E-state index in [1.165, 1.54) is 0 Å². The molecule has 0 aliphatic heterocycles. The number of rotatable bonds is 5. The van der Waals surface area contributed by atoms with Crippen molar-refractivity contribution < 1.29 is 0 Å². The summed E-state index contributed by atoms with van der Waals surface area (Å²) in [6.07, 6.45) is 1.11. The lowest BCUT2D eigenvalue weighted by molar-refractivity contribution is 0.471. The van der Waals surface area contributed by atoms with Gasteiger partial charge in [-0.05, 0) is 48.7 Å². The van der Waals surface area contributed by atoms with Crippen molar-refractivity contribution in [2.75, 3.05) is 48.8 Å². The fourth-order valence-corrected chi connectivity index (χ4v) is 5.06. The highest BCUT2D eigenvalue weighted by Gasteiger charge is 2.27. The SMILES string of the molecule is CCCN=P(N(C)C)(N(C)C)N(C)C. The van der Waals surface area contributed by atoms with Gasteiger partial charge in [0.25, 0.3) is 0 Å². The molecule has 0 aliphatic rings. The van der Waals surface area contributed by atoms with Crippen LogP contribution in [0.1, 0.15) is 13.3 Å². The summed E-state index contributed by atoms with van der Waals surface area (Å²) < 4.78 is 11.6. The van der Waals surface area contributed by atoms with E-state index < -0.39 is 7.51 Å². The molecule has 0 heterocycles. The zero-order chi connectivity index (χ0) is 11.4. The number of nitrogens with zero attached hydrogens (tertiary/aromatic N) is 4. The van der Waals surface area contributed by atoms with Gasteiger partial charge in [0.05, 0.1) is 0 Å². The van der Waals surface area contributed by atoms with E-state index >= 15 is 0 Å². The van der Waals surface area contributed by atoms with Crippen LogP contribution in [0.4, 0.5) is 0 Å². The van der Waals surface area contributed by atoms with Crippen LogP contribution in [0.2, 0.25) is 0 Å². The Balaban J connectivity index is 5.16. The molecule has 0 N–H and O–H groups in total. The molecule has 86 valence electrons. The Hall–Kier alpha value is 0.110. The summed E-state index contributed by atoms with van der Waals surface area (Å²) in [5.41, 5.74) is 0. The van der Waals surface area contributed by atoms with Gasteiger partial charge >= 0.3 is 0 Å². The summed E-state index contributed by atoms with van der Waals surface area (Å²) in [5.74, 6) is 0. The highest BCUT2D eigenvalue weighted by molar-refractivity contribution is 7.59. The van der Waals surface area contributed by atoms with Crippen LogP contribution in [0.3, 0.4) is 0 Å². The second-order valence-corrected chi connectivity index (χ2v) is 7.70. The van der Waals surface area contributed by atoms with E-state index in [9.17, 15) is 0 Å². The molecule has 4 nitrogen and oxygen atoms in total. The lowest BCUT2D eigenvalue weighted by Crippen LogP contribution is -2.30. The first-order valence-corrected chi connectivity index (χ1v) is 6.61. The zero-order valence-corrected chi connectivity index (χ0v) is 11.5. The summed E-state index contributed by atoms with van der Waals surface area (Å²) in [6, 6.07) is 0. The minimum Gasteiger partial charge on any atom is -0.261 e. The summed E-state index contributed by atoms with van der Waals surface area (Å²) >= 11 is 0. The normalized spacial score (nSPS) is 13.0. The van der Waals surface area contributed by atoms with Crippen molar-refractivity contribution in [1.82, 2.24) is 14.0 Å². The van der Waals surface area contributed by atoms with Gasteiger partial charge in [-0.15, -0.1) is 0 Å². The molecule has 0 aromatic heterocycles. The standard InChI is InChI=1S/C9H25N4P/c1-8-9-10-14(11(2)3,12(4)5)13(6)7/h8-9H2,1-7H3. The third-order valence-corrected chi connectivity index (χ3v) is 5.92. The Morgan fingerprint density at radius 3 is 1.43 bits per heavy atom. The van der Waals surface area contributed by atoms with Crippen LogP contribution in [0.15, 0.2) is 4.74 Å². The second kappa shape index (κ2) is 5.86. The minimum absolute atomic E-state index is 0.933. The maximum Gasteiger partial charge on any atom is 0.166 e. The van der Waals surface area contributed by atoms with Crippen LogP contribution in [-0.2, 0) is 0 Å². The van der Waals surface area contributed by atoms with Crippen molar-refractivity contribution in [3.8, 4) is 0 Å². The summed E-state index contributed by atoms with van der Waals surface area (Å²) in [4.78, 5) is 0. The Morgan fingerprint density at radius 2 is 1.21 bits per heavy atom. The third-order valence-electron chi connectivity index (χ3n) is 2.12. The van der Waals surface area contributed by atoms with E-state index in [1.807, 2.05) is 0 Å². The second-order valence-electron chi connectivity index (χ2n) is 3.94. The van der Waals surface area contributed by atoms with Gasteiger partial charge in [-0.1, -0.05) is 6.92 Å². The monoisotopic (exact) mass is 220 g/mol. The van der Waals surface area contributed by atoms with Crippen molar-refractivity contribution in [3.05, 3.63) is 0 Å². The Morgan fingerprint density at radius 1 is 0.857 bits per heavy atom. The molecule has 0 rings (SSSR count). The van der Waals surface area contributed by atoms with Gasteiger partial charge in [-0.25, -0.2) is 0 Å². The first-order valence-electron chi connectivity index (χ1n) is 5.01. The predicted octanol–water partition coefficient (Wildman–Crippen LogP) is 2.03. The van der Waals surface area contributed by atoms with Gasteiger partial charge < -0.3 is 0 Å². The van der Waals surface area contributed by atoms with Crippen molar-refractivity contribution in [3.63, 3.8) is 0 Å². The molecule has 0 amide bonds. The molecule has 0 fully saturated rings. The minimum atomic E-state index is -1.60. The van der Waals surface area contributed by atoms with E-state index in [2.05, 4.69) is 63.2 Å². The highest BCUT2D eigenvalue weighted by atomic mass is 31.2. The quantitative estimate of drug-likeness (QED) is 0.662. The maximum absolute atomic E-state index is 4.86. The first kappa shape index (κ1) is 14.1. The van der Waals surface area contributed by atoms with Gasteiger partial charge in [-0.3, -0.25) is 18.8 Å².